The predicted octanol–water partition coefficient (Wildman–Crippen LogP) is 6.69. The summed E-state index contributed by atoms with van der Waals surface area (Å²) in [5.74, 6) is 1.40. The largest absolute Gasteiger partial charge is 0.494 e. The van der Waals surface area contributed by atoms with Crippen LogP contribution in [-0.4, -0.2) is 22.1 Å². The molecule has 170 valence electrons. The molecule has 0 saturated carbocycles. The number of aromatic nitrogens is 2. The van der Waals surface area contributed by atoms with Crippen LogP contribution in [0.25, 0.3) is 11.0 Å². The summed E-state index contributed by atoms with van der Waals surface area (Å²) in [5.41, 5.74) is 2.40. The minimum atomic E-state index is -0.286. The van der Waals surface area contributed by atoms with Crippen molar-refractivity contribution in [3.05, 3.63) is 94.2 Å². The summed E-state index contributed by atoms with van der Waals surface area (Å²) in [4.78, 5) is 17.6. The van der Waals surface area contributed by atoms with E-state index in [2.05, 4.69) is 16.0 Å². The number of amides is 1. The second-order valence-corrected chi connectivity index (χ2v) is 8.64. The molecule has 0 bridgehead atoms. The van der Waals surface area contributed by atoms with Crippen molar-refractivity contribution in [2.75, 3.05) is 6.61 Å². The third-order valence-corrected chi connectivity index (χ3v) is 5.98. The molecule has 4 aromatic rings. The van der Waals surface area contributed by atoms with Crippen molar-refractivity contribution in [3.63, 3.8) is 0 Å². The SMILES string of the molecule is CC(NC(=O)c1ccccc1Cl)c1nc2ccccc2n1CCCCOc1ccc(Cl)cc1. The molecule has 4 rings (SSSR count). The number of benzene rings is 3. The maximum Gasteiger partial charge on any atom is 0.253 e. The van der Waals surface area contributed by atoms with Gasteiger partial charge in [0.1, 0.15) is 11.6 Å². The van der Waals surface area contributed by atoms with E-state index in [0.717, 1.165) is 42.0 Å². The van der Waals surface area contributed by atoms with E-state index in [1.807, 2.05) is 49.4 Å². The number of carbonyl (C=O) groups excluding carboxylic acids is 1. The van der Waals surface area contributed by atoms with Crippen molar-refractivity contribution in [1.29, 1.82) is 0 Å². The van der Waals surface area contributed by atoms with E-state index >= 15 is 0 Å². The minimum absolute atomic E-state index is 0.219. The molecular weight excluding hydrogens is 457 g/mol. The second-order valence-electron chi connectivity index (χ2n) is 7.79. The molecule has 0 saturated heterocycles. The van der Waals surface area contributed by atoms with Crippen molar-refractivity contribution in [3.8, 4) is 5.75 Å². The van der Waals surface area contributed by atoms with Crippen molar-refractivity contribution in [2.45, 2.75) is 32.4 Å². The zero-order valence-corrected chi connectivity index (χ0v) is 19.8. The number of unbranched alkanes of at least 4 members (excludes halogenated alkanes) is 1. The Bertz CT molecular complexity index is 1240. The summed E-state index contributed by atoms with van der Waals surface area (Å²) in [5, 5.41) is 4.16. The Hall–Kier alpha value is -3.02. The highest BCUT2D eigenvalue weighted by molar-refractivity contribution is 6.33. The zero-order valence-electron chi connectivity index (χ0n) is 18.3. The lowest BCUT2D eigenvalue weighted by atomic mass is 10.2. The smallest absolute Gasteiger partial charge is 0.253 e. The van der Waals surface area contributed by atoms with E-state index in [1.54, 1.807) is 24.3 Å². The van der Waals surface area contributed by atoms with Gasteiger partial charge in [0.15, 0.2) is 0 Å². The number of halogens is 2. The zero-order chi connectivity index (χ0) is 23.2. The Balaban J connectivity index is 1.43. The number of nitrogens with one attached hydrogen (secondary N) is 1. The van der Waals surface area contributed by atoms with Crippen LogP contribution in [0.4, 0.5) is 0 Å². The molecule has 0 aliphatic carbocycles. The van der Waals surface area contributed by atoms with E-state index in [4.69, 9.17) is 32.9 Å². The number of fused-ring (bicyclic) bond motifs is 1. The molecule has 0 aliphatic rings. The lowest BCUT2D eigenvalue weighted by molar-refractivity contribution is 0.0938. The molecule has 7 heteroatoms. The van der Waals surface area contributed by atoms with Crippen LogP contribution < -0.4 is 10.1 Å². The minimum Gasteiger partial charge on any atom is -0.494 e. The molecule has 0 radical (unpaired) electrons. The molecule has 1 N–H and O–H groups in total. The fraction of sp³-hybridized carbons (Fsp3) is 0.231. The molecule has 1 amide bonds. The molecule has 1 atom stereocenters. The van der Waals surface area contributed by atoms with E-state index in [9.17, 15) is 4.79 Å². The average molecular weight is 482 g/mol. The number of imidazole rings is 1. The highest BCUT2D eigenvalue weighted by Gasteiger charge is 2.20. The normalized spacial score (nSPS) is 12.0. The fourth-order valence-electron chi connectivity index (χ4n) is 3.74. The summed E-state index contributed by atoms with van der Waals surface area (Å²) in [6.07, 6.45) is 1.79. The number of aryl methyl sites for hydroxylation is 1. The summed E-state index contributed by atoms with van der Waals surface area (Å²) in [7, 11) is 0. The van der Waals surface area contributed by atoms with Gasteiger partial charge in [0, 0.05) is 11.6 Å². The van der Waals surface area contributed by atoms with Crippen molar-refractivity contribution >= 4 is 40.1 Å². The van der Waals surface area contributed by atoms with Crippen molar-refractivity contribution < 1.29 is 9.53 Å². The molecule has 1 aromatic heterocycles. The van der Waals surface area contributed by atoms with Crippen molar-refractivity contribution in [1.82, 2.24) is 14.9 Å². The van der Waals surface area contributed by atoms with Gasteiger partial charge in [0.25, 0.3) is 5.91 Å². The van der Waals surface area contributed by atoms with Gasteiger partial charge in [0.05, 0.1) is 34.3 Å². The van der Waals surface area contributed by atoms with Crippen LogP contribution in [0.1, 0.15) is 42.0 Å². The van der Waals surface area contributed by atoms with Crippen LogP contribution in [0.2, 0.25) is 10.0 Å². The number of carbonyl (C=O) groups is 1. The Morgan fingerprint density at radius 2 is 1.73 bits per heavy atom. The number of ether oxygens (including phenoxy) is 1. The van der Waals surface area contributed by atoms with E-state index in [0.29, 0.717) is 22.2 Å². The van der Waals surface area contributed by atoms with Gasteiger partial charge in [0.2, 0.25) is 0 Å². The van der Waals surface area contributed by atoms with Gasteiger partial charge < -0.3 is 14.6 Å². The van der Waals surface area contributed by atoms with E-state index in [1.165, 1.54) is 0 Å². The van der Waals surface area contributed by atoms with Crippen LogP contribution in [0.15, 0.2) is 72.8 Å². The van der Waals surface area contributed by atoms with Crippen LogP contribution in [0.5, 0.6) is 5.75 Å². The predicted molar refractivity (Wildman–Crippen MR) is 133 cm³/mol. The van der Waals surface area contributed by atoms with Gasteiger partial charge in [-0.3, -0.25) is 4.79 Å². The molecule has 1 heterocycles. The maximum absolute atomic E-state index is 12.8. The summed E-state index contributed by atoms with van der Waals surface area (Å²) in [6.45, 7) is 3.32. The summed E-state index contributed by atoms with van der Waals surface area (Å²) >= 11 is 12.1. The standard InChI is InChI=1S/C26H25Cl2N3O2/c1-18(29-26(32)21-8-2-3-9-22(21)28)25-30-23-10-4-5-11-24(23)31(25)16-6-7-17-33-20-14-12-19(27)13-15-20/h2-5,8-15,18H,6-7,16-17H2,1H3,(H,29,32). The maximum atomic E-state index is 12.8. The average Bonchev–Trinajstić information content (AvgIpc) is 3.19. The first-order valence-electron chi connectivity index (χ1n) is 10.9. The number of rotatable bonds is 9. The van der Waals surface area contributed by atoms with Gasteiger partial charge in [-0.05, 0) is 68.3 Å². The number of para-hydroxylation sites is 2. The van der Waals surface area contributed by atoms with Crippen LogP contribution in [0.3, 0.4) is 0 Å². The molecule has 5 nitrogen and oxygen atoms in total. The Morgan fingerprint density at radius 1 is 1.00 bits per heavy atom. The van der Waals surface area contributed by atoms with Gasteiger partial charge in [-0.2, -0.15) is 0 Å². The van der Waals surface area contributed by atoms with E-state index in [-0.39, 0.29) is 11.9 Å². The van der Waals surface area contributed by atoms with E-state index < -0.39 is 0 Å². The Morgan fingerprint density at radius 3 is 2.52 bits per heavy atom. The van der Waals surface area contributed by atoms with Gasteiger partial charge in [-0.1, -0.05) is 47.5 Å². The van der Waals surface area contributed by atoms with Gasteiger partial charge >= 0.3 is 0 Å². The summed E-state index contributed by atoms with van der Waals surface area (Å²) in [6, 6.07) is 22.1. The number of hydrogen-bond acceptors (Lipinski definition) is 3. The first-order chi connectivity index (χ1) is 16.0. The molecule has 3 aromatic carbocycles. The van der Waals surface area contributed by atoms with Gasteiger partial charge in [-0.25, -0.2) is 4.98 Å². The molecule has 1 unspecified atom stereocenters. The first-order valence-corrected chi connectivity index (χ1v) is 11.7. The molecular formula is C26H25Cl2N3O2. The lowest BCUT2D eigenvalue weighted by Gasteiger charge is -2.17. The quantitative estimate of drug-likeness (QED) is 0.270. The topological polar surface area (TPSA) is 56.2 Å². The van der Waals surface area contributed by atoms with Gasteiger partial charge in [-0.15, -0.1) is 0 Å². The monoisotopic (exact) mass is 481 g/mol. The fourth-order valence-corrected chi connectivity index (χ4v) is 4.08. The Labute approximate surface area is 203 Å². The lowest BCUT2D eigenvalue weighted by Crippen LogP contribution is -2.29. The Kier molecular flexibility index (Phi) is 7.53. The third kappa shape index (κ3) is 5.67. The summed E-state index contributed by atoms with van der Waals surface area (Å²) < 4.78 is 7.98. The number of hydrogen-bond donors (Lipinski definition) is 1. The highest BCUT2D eigenvalue weighted by atomic mass is 35.5. The van der Waals surface area contributed by atoms with Crippen LogP contribution in [-0.2, 0) is 6.54 Å². The van der Waals surface area contributed by atoms with Crippen molar-refractivity contribution in [2.24, 2.45) is 0 Å². The molecule has 0 fully saturated rings. The molecule has 33 heavy (non-hydrogen) atoms. The molecule has 0 aliphatic heterocycles. The van der Waals surface area contributed by atoms with Crippen LogP contribution >= 0.6 is 23.2 Å². The number of nitrogens with zero attached hydrogens (tertiary/aromatic N) is 2. The van der Waals surface area contributed by atoms with Crippen LogP contribution in [0, 0.1) is 0 Å². The highest BCUT2D eigenvalue weighted by Crippen LogP contribution is 2.23. The third-order valence-electron chi connectivity index (χ3n) is 5.40. The first kappa shape index (κ1) is 23.1. The second kappa shape index (κ2) is 10.7. The molecule has 0 spiro atoms.